The van der Waals surface area contributed by atoms with Gasteiger partial charge in [-0.05, 0) is 37.6 Å². The molecule has 0 fully saturated rings. The Hall–Kier alpha value is -2.43. The molecule has 3 rings (SSSR count). The summed E-state index contributed by atoms with van der Waals surface area (Å²) >= 11 is 0. The van der Waals surface area contributed by atoms with Gasteiger partial charge in [0.25, 0.3) is 0 Å². The van der Waals surface area contributed by atoms with Crippen LogP contribution in [0.5, 0.6) is 0 Å². The Kier molecular flexibility index (Phi) is 2.67. The van der Waals surface area contributed by atoms with E-state index in [-0.39, 0.29) is 6.04 Å². The van der Waals surface area contributed by atoms with Crippen LogP contribution in [0.3, 0.4) is 0 Å². The molecule has 0 saturated heterocycles. The fourth-order valence-corrected chi connectivity index (χ4v) is 2.11. The van der Waals surface area contributed by atoms with Crippen LogP contribution in [-0.2, 0) is 0 Å². The molecule has 0 amide bonds. The molecule has 0 aliphatic heterocycles. The summed E-state index contributed by atoms with van der Waals surface area (Å²) in [6.07, 6.45) is 5.37. The van der Waals surface area contributed by atoms with Gasteiger partial charge in [0.05, 0.1) is 5.39 Å². The van der Waals surface area contributed by atoms with Crippen molar-refractivity contribution in [3.05, 3.63) is 36.8 Å². The third-order valence-electron chi connectivity index (χ3n) is 3.08. The number of anilines is 1. The van der Waals surface area contributed by atoms with E-state index in [1.165, 1.54) is 0 Å². The average molecular weight is 253 g/mol. The highest BCUT2D eigenvalue weighted by atomic mass is 15.3. The van der Waals surface area contributed by atoms with Gasteiger partial charge in [0.1, 0.15) is 0 Å². The molecular formula is C14H15N5. The molecule has 0 unspecified atom stereocenters. The Bertz CT molecular complexity index is 715. The smallest absolute Gasteiger partial charge is 0.160 e. The molecule has 5 nitrogen and oxygen atoms in total. The Morgan fingerprint density at radius 2 is 1.89 bits per heavy atom. The number of rotatable bonds is 2. The van der Waals surface area contributed by atoms with Crippen LogP contribution in [0.25, 0.3) is 22.2 Å². The summed E-state index contributed by atoms with van der Waals surface area (Å²) in [5, 5.41) is 5.24. The highest BCUT2D eigenvalue weighted by Crippen LogP contribution is 2.26. The molecule has 0 bridgehead atoms. The summed E-state index contributed by atoms with van der Waals surface area (Å²) in [6.45, 7) is 4.12. The average Bonchev–Trinajstić information content (AvgIpc) is 2.77. The monoisotopic (exact) mass is 253 g/mol. The summed E-state index contributed by atoms with van der Waals surface area (Å²) in [5.41, 5.74) is 8.89. The van der Waals surface area contributed by atoms with E-state index < -0.39 is 0 Å². The first-order valence-electron chi connectivity index (χ1n) is 6.21. The zero-order valence-electron chi connectivity index (χ0n) is 10.9. The molecule has 2 N–H and O–H groups in total. The van der Waals surface area contributed by atoms with Gasteiger partial charge in [0.2, 0.25) is 0 Å². The number of hydrogen-bond donors (Lipinski definition) is 1. The molecule has 3 aromatic heterocycles. The molecule has 3 aromatic rings. The van der Waals surface area contributed by atoms with E-state index in [1.54, 1.807) is 12.4 Å². The Morgan fingerprint density at radius 3 is 2.58 bits per heavy atom. The minimum Gasteiger partial charge on any atom is -0.382 e. The van der Waals surface area contributed by atoms with Crippen molar-refractivity contribution in [1.29, 1.82) is 0 Å². The maximum atomic E-state index is 5.98. The van der Waals surface area contributed by atoms with Gasteiger partial charge in [-0.1, -0.05) is 0 Å². The van der Waals surface area contributed by atoms with Crippen molar-refractivity contribution in [3.63, 3.8) is 0 Å². The van der Waals surface area contributed by atoms with Crippen molar-refractivity contribution in [2.45, 2.75) is 19.9 Å². The topological polar surface area (TPSA) is 69.6 Å². The third-order valence-corrected chi connectivity index (χ3v) is 3.08. The lowest BCUT2D eigenvalue weighted by Gasteiger charge is -2.06. The summed E-state index contributed by atoms with van der Waals surface area (Å²) < 4.78 is 1.85. The first-order valence-corrected chi connectivity index (χ1v) is 6.21. The van der Waals surface area contributed by atoms with Crippen molar-refractivity contribution in [3.8, 4) is 11.1 Å². The van der Waals surface area contributed by atoms with Crippen molar-refractivity contribution in [1.82, 2.24) is 19.7 Å². The van der Waals surface area contributed by atoms with Gasteiger partial charge in [-0.2, -0.15) is 5.10 Å². The number of nitrogens with zero attached hydrogens (tertiary/aromatic N) is 4. The molecule has 96 valence electrons. The van der Waals surface area contributed by atoms with Crippen LogP contribution in [0.4, 0.5) is 5.82 Å². The van der Waals surface area contributed by atoms with Gasteiger partial charge < -0.3 is 5.73 Å². The Morgan fingerprint density at radius 1 is 1.16 bits per heavy atom. The molecule has 19 heavy (non-hydrogen) atoms. The minimum absolute atomic E-state index is 0.235. The number of pyridine rings is 2. The largest absolute Gasteiger partial charge is 0.382 e. The van der Waals surface area contributed by atoms with Crippen molar-refractivity contribution < 1.29 is 0 Å². The van der Waals surface area contributed by atoms with Gasteiger partial charge in [0, 0.05) is 30.2 Å². The summed E-state index contributed by atoms with van der Waals surface area (Å²) in [5.74, 6) is 0.520. The first kappa shape index (κ1) is 11.6. The molecule has 0 saturated carbocycles. The van der Waals surface area contributed by atoms with E-state index in [1.807, 2.05) is 29.1 Å². The minimum atomic E-state index is 0.235. The highest BCUT2D eigenvalue weighted by molar-refractivity contribution is 5.89. The van der Waals surface area contributed by atoms with Crippen LogP contribution in [0.2, 0.25) is 0 Å². The number of nitrogen functional groups attached to an aromatic ring is 1. The summed E-state index contributed by atoms with van der Waals surface area (Å²) in [4.78, 5) is 8.52. The number of fused-ring (bicyclic) bond motifs is 1. The second kappa shape index (κ2) is 4.35. The molecule has 3 heterocycles. The lowest BCUT2D eigenvalue weighted by Crippen LogP contribution is -2.03. The molecule has 0 radical (unpaired) electrons. The van der Waals surface area contributed by atoms with Crippen molar-refractivity contribution in [2.75, 3.05) is 5.73 Å². The zero-order valence-corrected chi connectivity index (χ0v) is 10.9. The van der Waals surface area contributed by atoms with Crippen LogP contribution in [-0.4, -0.2) is 19.7 Å². The van der Waals surface area contributed by atoms with Gasteiger partial charge in [-0.25, -0.2) is 9.67 Å². The molecule has 0 aromatic carbocycles. The standard InChI is InChI=1S/C14H15N5/c1-9(2)19-14-12(13(15)18-19)7-11(8-17-14)10-3-5-16-6-4-10/h3-9H,1-2H3,(H2,15,18). The zero-order chi connectivity index (χ0) is 13.4. The number of nitrogens with two attached hydrogens (primary N) is 1. The van der Waals surface area contributed by atoms with E-state index in [0.29, 0.717) is 5.82 Å². The van der Waals surface area contributed by atoms with E-state index >= 15 is 0 Å². The maximum Gasteiger partial charge on any atom is 0.160 e. The van der Waals surface area contributed by atoms with Crippen LogP contribution in [0.15, 0.2) is 36.8 Å². The van der Waals surface area contributed by atoms with Crippen LogP contribution >= 0.6 is 0 Å². The maximum absolute atomic E-state index is 5.98. The van der Waals surface area contributed by atoms with E-state index in [4.69, 9.17) is 5.73 Å². The predicted octanol–water partition coefficient (Wildman–Crippen LogP) is 2.66. The second-order valence-electron chi connectivity index (χ2n) is 4.75. The molecule has 5 heteroatoms. The number of aromatic nitrogens is 4. The first-order chi connectivity index (χ1) is 9.16. The SMILES string of the molecule is CC(C)n1nc(N)c2cc(-c3ccncc3)cnc21. The van der Waals surface area contributed by atoms with E-state index in [2.05, 4.69) is 28.9 Å². The quantitative estimate of drug-likeness (QED) is 0.762. The van der Waals surface area contributed by atoms with Gasteiger partial charge in [0.15, 0.2) is 11.5 Å². The molecular weight excluding hydrogens is 238 g/mol. The second-order valence-corrected chi connectivity index (χ2v) is 4.75. The summed E-state index contributed by atoms with van der Waals surface area (Å²) in [7, 11) is 0. The fraction of sp³-hybridized carbons (Fsp3) is 0.214. The van der Waals surface area contributed by atoms with Crippen molar-refractivity contribution in [2.24, 2.45) is 0 Å². The molecule has 0 atom stereocenters. The summed E-state index contributed by atoms with van der Waals surface area (Å²) in [6, 6.07) is 6.16. The van der Waals surface area contributed by atoms with Crippen molar-refractivity contribution >= 4 is 16.9 Å². The third kappa shape index (κ3) is 1.93. The van der Waals surface area contributed by atoms with Crippen LogP contribution in [0, 0.1) is 0 Å². The number of hydrogen-bond acceptors (Lipinski definition) is 4. The predicted molar refractivity (Wildman–Crippen MR) is 75.6 cm³/mol. The Labute approximate surface area is 111 Å². The molecule has 0 aliphatic rings. The molecule has 0 aliphatic carbocycles. The van der Waals surface area contributed by atoms with Gasteiger partial charge in [-0.15, -0.1) is 0 Å². The van der Waals surface area contributed by atoms with E-state index in [0.717, 1.165) is 22.2 Å². The van der Waals surface area contributed by atoms with Gasteiger partial charge >= 0.3 is 0 Å². The van der Waals surface area contributed by atoms with Crippen LogP contribution in [0.1, 0.15) is 19.9 Å². The highest BCUT2D eigenvalue weighted by Gasteiger charge is 2.12. The Balaban J connectivity index is 2.20. The normalized spacial score (nSPS) is 11.3. The lowest BCUT2D eigenvalue weighted by molar-refractivity contribution is 0.548. The van der Waals surface area contributed by atoms with E-state index in [9.17, 15) is 0 Å². The van der Waals surface area contributed by atoms with Gasteiger partial charge in [-0.3, -0.25) is 4.98 Å². The fourth-order valence-electron chi connectivity index (χ4n) is 2.11. The van der Waals surface area contributed by atoms with Crippen LogP contribution < -0.4 is 5.73 Å². The lowest BCUT2D eigenvalue weighted by atomic mass is 10.1. The molecule has 0 spiro atoms.